The number of nitrogens with one attached hydrogen (secondary N) is 2. The molecule has 0 radical (unpaired) electrons. The summed E-state index contributed by atoms with van der Waals surface area (Å²) in [5, 5.41) is 5.98. The van der Waals surface area contributed by atoms with Crippen molar-refractivity contribution in [3.05, 3.63) is 90.0 Å². The quantitative estimate of drug-likeness (QED) is 0.421. The van der Waals surface area contributed by atoms with Gasteiger partial charge >= 0.3 is 0 Å². The number of hydrogen-bond donors (Lipinski definition) is 2. The van der Waals surface area contributed by atoms with Crippen molar-refractivity contribution in [2.45, 2.75) is 25.7 Å². The second-order valence-corrected chi connectivity index (χ2v) is 8.44. The van der Waals surface area contributed by atoms with Crippen LogP contribution in [0.25, 0.3) is 0 Å². The van der Waals surface area contributed by atoms with Gasteiger partial charge in [0.05, 0.1) is 13.2 Å². The maximum atomic E-state index is 12.6. The van der Waals surface area contributed by atoms with E-state index in [0.717, 1.165) is 50.2 Å². The van der Waals surface area contributed by atoms with E-state index in [-0.39, 0.29) is 18.4 Å². The van der Waals surface area contributed by atoms with Gasteiger partial charge < -0.3 is 20.3 Å². The van der Waals surface area contributed by atoms with E-state index >= 15 is 0 Å². The fraction of sp³-hybridized carbons (Fsp3) is 0.286. The standard InChI is InChI=1S/C28H31N3O3/c32-27(30-25-12-6-11-23(20-25)28(33)31-17-4-5-18-31)21-29-24-13-15-26(16-14-24)34-19-7-10-22-8-2-1-3-9-22/h1-3,6,8-9,11-16,20,29H,4-5,7,10,17-19,21H2,(H,30,32). The number of ether oxygens (including phenoxy) is 1. The first-order chi connectivity index (χ1) is 16.7. The van der Waals surface area contributed by atoms with Crippen LogP contribution in [-0.4, -0.2) is 43.0 Å². The highest BCUT2D eigenvalue weighted by atomic mass is 16.5. The van der Waals surface area contributed by atoms with Crippen LogP contribution in [0.1, 0.15) is 35.2 Å². The van der Waals surface area contributed by atoms with E-state index in [1.807, 2.05) is 35.2 Å². The summed E-state index contributed by atoms with van der Waals surface area (Å²) in [6, 6.07) is 25.1. The van der Waals surface area contributed by atoms with Crippen LogP contribution in [0.2, 0.25) is 0 Å². The fourth-order valence-electron chi connectivity index (χ4n) is 4.00. The van der Waals surface area contributed by atoms with E-state index in [1.165, 1.54) is 5.56 Å². The van der Waals surface area contributed by atoms with E-state index in [0.29, 0.717) is 17.9 Å². The molecule has 2 amide bonds. The van der Waals surface area contributed by atoms with E-state index in [4.69, 9.17) is 4.74 Å². The number of rotatable bonds is 10. The molecule has 1 aliphatic heterocycles. The van der Waals surface area contributed by atoms with E-state index in [2.05, 4.69) is 34.9 Å². The van der Waals surface area contributed by atoms with Gasteiger partial charge in [0.1, 0.15) is 5.75 Å². The highest BCUT2D eigenvalue weighted by molar-refractivity contribution is 5.98. The highest BCUT2D eigenvalue weighted by Gasteiger charge is 2.19. The Labute approximate surface area is 200 Å². The molecule has 176 valence electrons. The molecule has 3 aromatic carbocycles. The Bertz CT molecular complexity index is 1080. The Morgan fingerprint density at radius 3 is 2.38 bits per heavy atom. The molecular weight excluding hydrogens is 426 g/mol. The van der Waals surface area contributed by atoms with Gasteiger partial charge in [-0.3, -0.25) is 9.59 Å². The van der Waals surface area contributed by atoms with Gasteiger partial charge in [-0.15, -0.1) is 0 Å². The SMILES string of the molecule is O=C(CNc1ccc(OCCCc2ccccc2)cc1)Nc1cccc(C(=O)N2CCCC2)c1. The molecule has 6 heteroatoms. The van der Waals surface area contributed by atoms with Crippen LogP contribution >= 0.6 is 0 Å². The molecule has 0 spiro atoms. The first-order valence-electron chi connectivity index (χ1n) is 11.9. The second kappa shape index (κ2) is 11.9. The molecule has 0 saturated carbocycles. The van der Waals surface area contributed by atoms with Crippen molar-refractivity contribution in [2.75, 3.05) is 36.9 Å². The molecular formula is C28H31N3O3. The number of aryl methyl sites for hydroxylation is 1. The minimum Gasteiger partial charge on any atom is -0.494 e. The maximum Gasteiger partial charge on any atom is 0.253 e. The first-order valence-corrected chi connectivity index (χ1v) is 11.9. The van der Waals surface area contributed by atoms with Gasteiger partial charge in [-0.05, 0) is 73.7 Å². The Morgan fingerprint density at radius 1 is 0.853 bits per heavy atom. The molecule has 4 rings (SSSR count). The lowest BCUT2D eigenvalue weighted by atomic mass is 10.1. The highest BCUT2D eigenvalue weighted by Crippen LogP contribution is 2.18. The lowest BCUT2D eigenvalue weighted by Crippen LogP contribution is -2.27. The molecule has 1 heterocycles. The fourth-order valence-corrected chi connectivity index (χ4v) is 4.00. The maximum absolute atomic E-state index is 12.6. The number of carbonyl (C=O) groups excluding carboxylic acids is 2. The summed E-state index contributed by atoms with van der Waals surface area (Å²) in [6.45, 7) is 2.39. The molecule has 1 saturated heterocycles. The van der Waals surface area contributed by atoms with Crippen LogP contribution < -0.4 is 15.4 Å². The van der Waals surface area contributed by atoms with E-state index < -0.39 is 0 Å². The number of nitrogens with zero attached hydrogens (tertiary/aromatic N) is 1. The monoisotopic (exact) mass is 457 g/mol. The molecule has 0 bridgehead atoms. The normalized spacial score (nSPS) is 12.9. The van der Waals surface area contributed by atoms with Crippen molar-refractivity contribution < 1.29 is 14.3 Å². The predicted octanol–water partition coefficient (Wildman–Crippen LogP) is 4.98. The summed E-state index contributed by atoms with van der Waals surface area (Å²) in [5.74, 6) is 0.656. The lowest BCUT2D eigenvalue weighted by Gasteiger charge is -2.16. The van der Waals surface area contributed by atoms with Crippen LogP contribution in [0.15, 0.2) is 78.9 Å². The topological polar surface area (TPSA) is 70.7 Å². The van der Waals surface area contributed by atoms with Crippen LogP contribution in [0.5, 0.6) is 5.75 Å². The minimum absolute atomic E-state index is 0.0223. The Morgan fingerprint density at radius 2 is 1.62 bits per heavy atom. The summed E-state index contributed by atoms with van der Waals surface area (Å²) in [5.41, 5.74) is 3.38. The molecule has 1 aliphatic rings. The third-order valence-electron chi connectivity index (χ3n) is 5.82. The lowest BCUT2D eigenvalue weighted by molar-refractivity contribution is -0.114. The van der Waals surface area contributed by atoms with Crippen LogP contribution in [-0.2, 0) is 11.2 Å². The van der Waals surface area contributed by atoms with Crippen molar-refractivity contribution >= 4 is 23.2 Å². The van der Waals surface area contributed by atoms with Crippen LogP contribution in [0.4, 0.5) is 11.4 Å². The zero-order chi connectivity index (χ0) is 23.6. The zero-order valence-electron chi connectivity index (χ0n) is 19.3. The number of likely N-dealkylation sites (tertiary alicyclic amines) is 1. The number of hydrogen-bond acceptors (Lipinski definition) is 4. The number of carbonyl (C=O) groups is 2. The van der Waals surface area contributed by atoms with E-state index in [1.54, 1.807) is 24.3 Å². The van der Waals surface area contributed by atoms with Crippen molar-refractivity contribution in [1.29, 1.82) is 0 Å². The summed E-state index contributed by atoms with van der Waals surface area (Å²) in [7, 11) is 0. The summed E-state index contributed by atoms with van der Waals surface area (Å²) < 4.78 is 5.82. The average molecular weight is 458 g/mol. The molecule has 34 heavy (non-hydrogen) atoms. The van der Waals surface area contributed by atoms with Crippen molar-refractivity contribution in [3.63, 3.8) is 0 Å². The molecule has 1 fully saturated rings. The molecule has 0 aliphatic carbocycles. The van der Waals surface area contributed by atoms with Gasteiger partial charge in [0.2, 0.25) is 5.91 Å². The number of benzene rings is 3. The molecule has 6 nitrogen and oxygen atoms in total. The van der Waals surface area contributed by atoms with Gasteiger partial charge in [0.15, 0.2) is 0 Å². The zero-order valence-corrected chi connectivity index (χ0v) is 19.3. The predicted molar refractivity (Wildman–Crippen MR) is 135 cm³/mol. The summed E-state index contributed by atoms with van der Waals surface area (Å²) in [6.07, 6.45) is 4.05. The molecule has 0 atom stereocenters. The summed E-state index contributed by atoms with van der Waals surface area (Å²) >= 11 is 0. The number of amides is 2. The van der Waals surface area contributed by atoms with Crippen molar-refractivity contribution in [2.24, 2.45) is 0 Å². The van der Waals surface area contributed by atoms with Crippen LogP contribution in [0, 0.1) is 0 Å². The Balaban J connectivity index is 1.19. The first kappa shape index (κ1) is 23.4. The number of anilines is 2. The van der Waals surface area contributed by atoms with Gasteiger partial charge in [-0.2, -0.15) is 0 Å². The van der Waals surface area contributed by atoms with Crippen molar-refractivity contribution in [3.8, 4) is 5.75 Å². The molecule has 0 unspecified atom stereocenters. The third kappa shape index (κ3) is 6.85. The molecule has 0 aromatic heterocycles. The smallest absolute Gasteiger partial charge is 0.253 e. The van der Waals surface area contributed by atoms with Crippen LogP contribution in [0.3, 0.4) is 0 Å². The van der Waals surface area contributed by atoms with E-state index in [9.17, 15) is 9.59 Å². The van der Waals surface area contributed by atoms with Gasteiger partial charge in [-0.1, -0.05) is 36.4 Å². The largest absolute Gasteiger partial charge is 0.494 e. The van der Waals surface area contributed by atoms with Crippen molar-refractivity contribution in [1.82, 2.24) is 4.90 Å². The Kier molecular flexibility index (Phi) is 8.17. The molecule has 3 aromatic rings. The second-order valence-electron chi connectivity index (χ2n) is 8.44. The van der Waals surface area contributed by atoms with Gasteiger partial charge in [0, 0.05) is 30.0 Å². The Hall–Kier alpha value is -3.80. The minimum atomic E-state index is -0.174. The summed E-state index contributed by atoms with van der Waals surface area (Å²) in [4.78, 5) is 26.8. The van der Waals surface area contributed by atoms with Gasteiger partial charge in [-0.25, -0.2) is 0 Å². The van der Waals surface area contributed by atoms with Gasteiger partial charge in [0.25, 0.3) is 5.91 Å². The molecule has 2 N–H and O–H groups in total. The average Bonchev–Trinajstić information content (AvgIpc) is 3.42. The third-order valence-corrected chi connectivity index (χ3v) is 5.82.